The molecule has 2 aliphatic rings. The van der Waals surface area contributed by atoms with E-state index in [0.717, 1.165) is 25.1 Å². The van der Waals surface area contributed by atoms with Gasteiger partial charge < -0.3 is 10.1 Å². The van der Waals surface area contributed by atoms with Crippen LogP contribution in [-0.2, 0) is 4.74 Å². The molecular weight excluding hydrogens is 190 g/mol. The summed E-state index contributed by atoms with van der Waals surface area (Å²) in [6.45, 7) is 1.79. The van der Waals surface area contributed by atoms with Gasteiger partial charge in [-0.1, -0.05) is 18.2 Å². The molecule has 3 heteroatoms. The molecule has 2 atom stereocenters. The van der Waals surface area contributed by atoms with Crippen LogP contribution in [0.25, 0.3) is 0 Å². The molecule has 2 unspecified atom stereocenters. The quantitative estimate of drug-likeness (QED) is 0.646. The molecule has 1 fully saturated rings. The second-order valence-corrected chi connectivity index (χ2v) is 4.13. The maximum Gasteiger partial charge on any atom is 0.338 e. The van der Waals surface area contributed by atoms with E-state index in [1.807, 2.05) is 18.2 Å². The van der Waals surface area contributed by atoms with Crippen molar-refractivity contribution in [2.75, 3.05) is 13.1 Å². The number of ether oxygens (including phenoxy) is 1. The fourth-order valence-electron chi connectivity index (χ4n) is 2.52. The number of esters is 1. The first-order valence-electron chi connectivity index (χ1n) is 5.37. The van der Waals surface area contributed by atoms with Gasteiger partial charge in [-0.25, -0.2) is 4.79 Å². The number of benzene rings is 1. The minimum atomic E-state index is -0.171. The van der Waals surface area contributed by atoms with Crippen LogP contribution in [0.3, 0.4) is 0 Å². The molecule has 15 heavy (non-hydrogen) atoms. The minimum absolute atomic E-state index is 0.0288. The number of carbonyl (C=O) groups excluding carboxylic acids is 1. The Morgan fingerprint density at radius 2 is 2.20 bits per heavy atom. The normalized spacial score (nSPS) is 28.9. The highest BCUT2D eigenvalue weighted by atomic mass is 16.5. The number of carbonyl (C=O) groups is 1. The van der Waals surface area contributed by atoms with E-state index < -0.39 is 0 Å². The molecular formula is C12H13NO2. The maximum atomic E-state index is 11.7. The Kier molecular flexibility index (Phi) is 1.99. The Morgan fingerprint density at radius 3 is 3.13 bits per heavy atom. The van der Waals surface area contributed by atoms with Gasteiger partial charge in [-0.2, -0.15) is 0 Å². The smallest absolute Gasteiger partial charge is 0.338 e. The molecule has 3 nitrogen and oxygen atoms in total. The first-order valence-corrected chi connectivity index (χ1v) is 5.37. The molecule has 2 heterocycles. The van der Waals surface area contributed by atoms with Crippen molar-refractivity contribution in [2.45, 2.75) is 18.4 Å². The summed E-state index contributed by atoms with van der Waals surface area (Å²) in [6.07, 6.45) is 1.08. The van der Waals surface area contributed by atoms with Gasteiger partial charge in [0.25, 0.3) is 0 Å². The second kappa shape index (κ2) is 3.35. The Bertz CT molecular complexity index is 402. The third kappa shape index (κ3) is 1.35. The number of rotatable bonds is 0. The van der Waals surface area contributed by atoms with Gasteiger partial charge >= 0.3 is 5.97 Å². The van der Waals surface area contributed by atoms with E-state index >= 15 is 0 Å². The molecule has 0 bridgehead atoms. The van der Waals surface area contributed by atoms with Crippen LogP contribution in [0.1, 0.15) is 28.3 Å². The van der Waals surface area contributed by atoms with Crippen molar-refractivity contribution in [3.05, 3.63) is 35.4 Å². The third-order valence-corrected chi connectivity index (χ3v) is 3.27. The number of hydrogen-bond acceptors (Lipinski definition) is 3. The van der Waals surface area contributed by atoms with Gasteiger partial charge in [0.2, 0.25) is 0 Å². The zero-order valence-corrected chi connectivity index (χ0v) is 8.40. The lowest BCUT2D eigenvalue weighted by molar-refractivity contribution is 0.0120. The highest BCUT2D eigenvalue weighted by molar-refractivity contribution is 5.92. The summed E-state index contributed by atoms with van der Waals surface area (Å²) >= 11 is 0. The van der Waals surface area contributed by atoms with E-state index in [1.54, 1.807) is 0 Å². The summed E-state index contributed by atoms with van der Waals surface area (Å²) in [7, 11) is 0. The highest BCUT2D eigenvalue weighted by Crippen LogP contribution is 2.34. The predicted octanol–water partition coefficient (Wildman–Crippen LogP) is 1.30. The largest absolute Gasteiger partial charge is 0.457 e. The van der Waals surface area contributed by atoms with Gasteiger partial charge in [-0.15, -0.1) is 0 Å². The van der Waals surface area contributed by atoms with E-state index in [4.69, 9.17) is 4.74 Å². The lowest BCUT2D eigenvalue weighted by Crippen LogP contribution is -2.45. The summed E-state index contributed by atoms with van der Waals surface area (Å²) < 4.78 is 5.42. The van der Waals surface area contributed by atoms with Gasteiger partial charge in [0.05, 0.1) is 5.56 Å². The van der Waals surface area contributed by atoms with Crippen molar-refractivity contribution in [1.29, 1.82) is 0 Å². The molecule has 0 amide bonds. The number of fused-ring (bicyclic) bond motifs is 3. The van der Waals surface area contributed by atoms with Crippen molar-refractivity contribution < 1.29 is 9.53 Å². The Labute approximate surface area is 88.4 Å². The van der Waals surface area contributed by atoms with Crippen molar-refractivity contribution in [3.8, 4) is 0 Å². The van der Waals surface area contributed by atoms with E-state index in [9.17, 15) is 4.79 Å². The first-order chi connectivity index (χ1) is 7.36. The fourth-order valence-corrected chi connectivity index (χ4v) is 2.52. The van der Waals surface area contributed by atoms with Crippen LogP contribution in [0.4, 0.5) is 0 Å². The SMILES string of the molecule is O=C1OC2CNCCC2c2ccccc21. The zero-order valence-electron chi connectivity index (χ0n) is 8.40. The van der Waals surface area contributed by atoms with Crippen molar-refractivity contribution >= 4 is 5.97 Å². The summed E-state index contributed by atoms with van der Waals surface area (Å²) in [5, 5.41) is 3.26. The van der Waals surface area contributed by atoms with Crippen molar-refractivity contribution in [2.24, 2.45) is 0 Å². The average molecular weight is 203 g/mol. The lowest BCUT2D eigenvalue weighted by atomic mass is 9.83. The molecule has 1 aromatic carbocycles. The van der Waals surface area contributed by atoms with Crippen molar-refractivity contribution in [1.82, 2.24) is 5.32 Å². The third-order valence-electron chi connectivity index (χ3n) is 3.27. The topological polar surface area (TPSA) is 38.3 Å². The summed E-state index contributed by atoms with van der Waals surface area (Å²) in [6, 6.07) is 7.80. The number of hydrogen-bond donors (Lipinski definition) is 1. The van der Waals surface area contributed by atoms with Gasteiger partial charge in [-0.05, 0) is 24.6 Å². The molecule has 78 valence electrons. The molecule has 0 saturated carbocycles. The summed E-state index contributed by atoms with van der Waals surface area (Å²) in [4.78, 5) is 11.7. The summed E-state index contributed by atoms with van der Waals surface area (Å²) in [5.41, 5.74) is 1.92. The van der Waals surface area contributed by atoms with Crippen LogP contribution in [0.2, 0.25) is 0 Å². The van der Waals surface area contributed by atoms with Gasteiger partial charge in [-0.3, -0.25) is 0 Å². The van der Waals surface area contributed by atoms with E-state index in [-0.39, 0.29) is 12.1 Å². The molecule has 0 radical (unpaired) electrons. The molecule has 3 rings (SSSR count). The second-order valence-electron chi connectivity index (χ2n) is 4.13. The Balaban J connectivity index is 2.07. The van der Waals surface area contributed by atoms with Gasteiger partial charge in [0.1, 0.15) is 6.10 Å². The van der Waals surface area contributed by atoms with Crippen LogP contribution in [-0.4, -0.2) is 25.2 Å². The Morgan fingerprint density at radius 1 is 1.33 bits per heavy atom. The molecule has 0 spiro atoms. The van der Waals surface area contributed by atoms with Crippen LogP contribution < -0.4 is 5.32 Å². The Hall–Kier alpha value is -1.35. The monoisotopic (exact) mass is 203 g/mol. The summed E-state index contributed by atoms with van der Waals surface area (Å²) in [5.74, 6) is 0.218. The van der Waals surface area contributed by atoms with Crippen LogP contribution in [0.5, 0.6) is 0 Å². The van der Waals surface area contributed by atoms with E-state index in [0.29, 0.717) is 5.92 Å². The zero-order chi connectivity index (χ0) is 10.3. The average Bonchev–Trinajstić information content (AvgIpc) is 2.30. The van der Waals surface area contributed by atoms with Crippen LogP contribution in [0, 0.1) is 0 Å². The van der Waals surface area contributed by atoms with Gasteiger partial charge in [0, 0.05) is 12.5 Å². The lowest BCUT2D eigenvalue weighted by Gasteiger charge is -2.36. The van der Waals surface area contributed by atoms with Crippen molar-refractivity contribution in [3.63, 3.8) is 0 Å². The predicted molar refractivity (Wildman–Crippen MR) is 55.9 cm³/mol. The first kappa shape index (κ1) is 8.92. The van der Waals surface area contributed by atoms with Gasteiger partial charge in [0.15, 0.2) is 0 Å². The molecule has 0 aliphatic carbocycles. The van der Waals surface area contributed by atoms with Crippen LogP contribution >= 0.6 is 0 Å². The molecule has 1 aromatic rings. The highest BCUT2D eigenvalue weighted by Gasteiger charge is 2.36. The number of piperidine rings is 1. The van der Waals surface area contributed by atoms with E-state index in [1.165, 1.54) is 5.56 Å². The maximum absolute atomic E-state index is 11.7. The standard InChI is InChI=1S/C12H13NO2/c14-12-10-4-2-1-3-8(10)9-5-6-13-7-11(9)15-12/h1-4,9,11,13H,5-7H2. The number of nitrogens with one attached hydrogen (secondary N) is 1. The molecule has 2 aliphatic heterocycles. The minimum Gasteiger partial charge on any atom is -0.457 e. The molecule has 1 saturated heterocycles. The van der Waals surface area contributed by atoms with E-state index in [2.05, 4.69) is 11.4 Å². The molecule has 0 aromatic heterocycles. The molecule has 1 N–H and O–H groups in total. The fraction of sp³-hybridized carbons (Fsp3) is 0.417. The van der Waals surface area contributed by atoms with Crippen LogP contribution in [0.15, 0.2) is 24.3 Å².